The summed E-state index contributed by atoms with van der Waals surface area (Å²) < 4.78 is 9.13. The number of fused-ring (bicyclic) bond motifs is 16. The summed E-state index contributed by atoms with van der Waals surface area (Å²) in [5.74, 6) is 0. The van der Waals surface area contributed by atoms with Gasteiger partial charge in [0.1, 0.15) is 11.2 Å². The van der Waals surface area contributed by atoms with Gasteiger partial charge in [0.05, 0.1) is 22.1 Å². The van der Waals surface area contributed by atoms with Gasteiger partial charge in [-0.15, -0.1) is 0 Å². The summed E-state index contributed by atoms with van der Waals surface area (Å²) in [7, 11) is 0. The van der Waals surface area contributed by atoms with Crippen molar-refractivity contribution in [2.45, 2.75) is 5.41 Å². The Hall–Kier alpha value is -8.40. The maximum absolute atomic E-state index is 6.72. The summed E-state index contributed by atoms with van der Waals surface area (Å²) in [4.78, 5) is 2.49. The van der Waals surface area contributed by atoms with Crippen LogP contribution >= 0.6 is 0 Å². The monoisotopic (exact) mass is 814 g/mol. The zero-order valence-electron chi connectivity index (χ0n) is 34.7. The molecule has 0 fully saturated rings. The van der Waals surface area contributed by atoms with Gasteiger partial charge in [-0.25, -0.2) is 0 Å². The number of furan rings is 1. The molecule has 64 heavy (non-hydrogen) atoms. The van der Waals surface area contributed by atoms with E-state index in [4.69, 9.17) is 4.42 Å². The molecule has 0 atom stereocenters. The highest BCUT2D eigenvalue weighted by molar-refractivity contribution is 6.27. The van der Waals surface area contributed by atoms with Crippen LogP contribution in [-0.2, 0) is 5.41 Å². The molecule has 2 aliphatic carbocycles. The average molecular weight is 815 g/mol. The molecule has 0 amide bonds. The molecule has 3 nitrogen and oxygen atoms in total. The SMILES string of the molecule is c1ccc(-c2c3c(cc4c2c2cc(N(c5ccccc5)c5cccc6c5-c5ccccc5C65c6ccccc6-c6ccccc65)ccc2n4-c2ccccc2)oc2ccccc23)cc1. The summed E-state index contributed by atoms with van der Waals surface area (Å²) >= 11 is 0. The van der Waals surface area contributed by atoms with E-state index in [-0.39, 0.29) is 0 Å². The quantitative estimate of drug-likeness (QED) is 0.173. The molecule has 0 radical (unpaired) electrons. The zero-order chi connectivity index (χ0) is 41.9. The van der Waals surface area contributed by atoms with E-state index in [0.29, 0.717) is 0 Å². The molecule has 0 unspecified atom stereocenters. The van der Waals surface area contributed by atoms with Crippen LogP contribution in [0.5, 0.6) is 0 Å². The Morgan fingerprint density at radius 1 is 0.375 bits per heavy atom. The Balaban J connectivity index is 1.10. The van der Waals surface area contributed by atoms with Crippen LogP contribution in [0, 0.1) is 0 Å². The van der Waals surface area contributed by atoms with E-state index >= 15 is 0 Å². The summed E-state index contributed by atoms with van der Waals surface area (Å²) in [6, 6.07) is 84.4. The highest BCUT2D eigenvalue weighted by Gasteiger charge is 2.52. The minimum atomic E-state index is -0.451. The molecule has 3 heteroatoms. The van der Waals surface area contributed by atoms with E-state index in [9.17, 15) is 0 Å². The van der Waals surface area contributed by atoms with Gasteiger partial charge in [0.2, 0.25) is 0 Å². The number of para-hydroxylation sites is 3. The Bertz CT molecular complexity index is 3800. The van der Waals surface area contributed by atoms with E-state index in [1.54, 1.807) is 0 Å². The molecule has 0 bridgehead atoms. The predicted octanol–water partition coefficient (Wildman–Crippen LogP) is 16.2. The number of nitrogens with zero attached hydrogens (tertiary/aromatic N) is 2. The van der Waals surface area contributed by atoms with Crippen LogP contribution in [0.2, 0.25) is 0 Å². The fourth-order valence-electron chi connectivity index (χ4n) is 11.6. The van der Waals surface area contributed by atoms with Crippen molar-refractivity contribution in [2.75, 3.05) is 4.90 Å². The second-order valence-corrected chi connectivity index (χ2v) is 17.1. The summed E-state index contributed by atoms with van der Waals surface area (Å²) in [5, 5.41) is 4.61. The molecular weight excluding hydrogens is 777 g/mol. The topological polar surface area (TPSA) is 21.3 Å². The first-order valence-corrected chi connectivity index (χ1v) is 22.1. The third-order valence-electron chi connectivity index (χ3n) is 14.0. The molecule has 12 aromatic rings. The van der Waals surface area contributed by atoms with E-state index in [1.807, 2.05) is 0 Å². The Morgan fingerprint density at radius 3 is 1.70 bits per heavy atom. The van der Waals surface area contributed by atoms with Crippen molar-refractivity contribution in [1.29, 1.82) is 0 Å². The lowest BCUT2D eigenvalue weighted by Crippen LogP contribution is -2.26. The van der Waals surface area contributed by atoms with Crippen molar-refractivity contribution >= 4 is 60.8 Å². The van der Waals surface area contributed by atoms with E-state index < -0.39 is 5.41 Å². The van der Waals surface area contributed by atoms with Gasteiger partial charge in [-0.2, -0.15) is 0 Å². The van der Waals surface area contributed by atoms with Gasteiger partial charge in [0.15, 0.2) is 0 Å². The fraction of sp³-hybridized carbons (Fsp3) is 0.0164. The maximum atomic E-state index is 6.72. The van der Waals surface area contributed by atoms with Gasteiger partial charge >= 0.3 is 0 Å². The second kappa shape index (κ2) is 13.3. The van der Waals surface area contributed by atoms with Crippen molar-refractivity contribution < 1.29 is 4.42 Å². The lowest BCUT2D eigenvalue weighted by Gasteiger charge is -2.31. The van der Waals surface area contributed by atoms with Crippen molar-refractivity contribution in [3.8, 4) is 39.1 Å². The van der Waals surface area contributed by atoms with Crippen molar-refractivity contribution in [1.82, 2.24) is 4.57 Å². The molecule has 0 N–H and O–H groups in total. The number of benzene rings is 10. The number of hydrogen-bond donors (Lipinski definition) is 0. The first-order valence-electron chi connectivity index (χ1n) is 22.1. The van der Waals surface area contributed by atoms with Crippen LogP contribution in [0.25, 0.3) is 82.8 Å². The Kier molecular flexibility index (Phi) is 7.32. The van der Waals surface area contributed by atoms with E-state index in [0.717, 1.165) is 61.3 Å². The fourth-order valence-corrected chi connectivity index (χ4v) is 11.6. The Labute approximate surface area is 370 Å². The molecule has 298 valence electrons. The van der Waals surface area contributed by atoms with E-state index in [1.165, 1.54) is 60.8 Å². The average Bonchev–Trinajstić information content (AvgIpc) is 4.08. The van der Waals surface area contributed by atoms with Crippen molar-refractivity contribution in [3.63, 3.8) is 0 Å². The summed E-state index contributed by atoms with van der Waals surface area (Å²) in [5.41, 5.74) is 20.8. The zero-order valence-corrected chi connectivity index (χ0v) is 34.7. The molecule has 0 aliphatic heterocycles. The lowest BCUT2D eigenvalue weighted by atomic mass is 9.70. The van der Waals surface area contributed by atoms with Crippen molar-refractivity contribution in [2.24, 2.45) is 0 Å². The smallest absolute Gasteiger partial charge is 0.138 e. The second-order valence-electron chi connectivity index (χ2n) is 17.1. The van der Waals surface area contributed by atoms with Crippen LogP contribution in [0.15, 0.2) is 235 Å². The standard InChI is InChI=1S/C61H38N2O/c1-4-19-39(20-5-1)57-59-47-37-42(35-36-52(47)63(41-23-8-3-9-24-41)54(59)38-56-60(57)46-28-13-17-34-55(46)64-56)62(40-21-6-2-7-22-40)53-33-18-32-51-58(53)45-27-12-16-31-50(45)61(51)48-29-14-10-25-43(48)44-26-11-15-30-49(44)61/h1-38H. The van der Waals surface area contributed by atoms with Crippen molar-refractivity contribution in [3.05, 3.63) is 253 Å². The van der Waals surface area contributed by atoms with Crippen LogP contribution in [0.3, 0.4) is 0 Å². The predicted molar refractivity (Wildman–Crippen MR) is 264 cm³/mol. The Morgan fingerprint density at radius 2 is 0.969 bits per heavy atom. The van der Waals surface area contributed by atoms with E-state index in [2.05, 4.69) is 240 Å². The van der Waals surface area contributed by atoms with Gasteiger partial charge in [-0.1, -0.05) is 170 Å². The third-order valence-corrected chi connectivity index (χ3v) is 14.0. The number of aromatic nitrogens is 1. The van der Waals surface area contributed by atoms with Gasteiger partial charge in [-0.05, 0) is 99.1 Å². The van der Waals surface area contributed by atoms with Gasteiger partial charge in [0, 0.05) is 55.8 Å². The molecule has 2 aliphatic rings. The summed E-state index contributed by atoms with van der Waals surface area (Å²) in [6.45, 7) is 0. The van der Waals surface area contributed by atoms with Crippen LogP contribution in [-0.4, -0.2) is 4.57 Å². The number of rotatable bonds is 5. The normalized spacial score (nSPS) is 13.1. The first-order chi connectivity index (χ1) is 31.8. The highest BCUT2D eigenvalue weighted by Crippen LogP contribution is 2.64. The largest absolute Gasteiger partial charge is 0.456 e. The maximum Gasteiger partial charge on any atom is 0.138 e. The molecule has 10 aromatic carbocycles. The van der Waals surface area contributed by atoms with Gasteiger partial charge in [0.25, 0.3) is 0 Å². The highest BCUT2D eigenvalue weighted by atomic mass is 16.3. The molecule has 2 heterocycles. The molecular formula is C61H38N2O. The third kappa shape index (κ3) is 4.65. The minimum Gasteiger partial charge on any atom is -0.456 e. The van der Waals surface area contributed by atoms with Crippen LogP contribution in [0.1, 0.15) is 22.3 Å². The lowest BCUT2D eigenvalue weighted by molar-refractivity contribution is 0.669. The van der Waals surface area contributed by atoms with Gasteiger partial charge < -0.3 is 13.9 Å². The summed E-state index contributed by atoms with van der Waals surface area (Å²) in [6.07, 6.45) is 0. The first kappa shape index (κ1) is 35.2. The van der Waals surface area contributed by atoms with Gasteiger partial charge in [-0.3, -0.25) is 0 Å². The number of anilines is 3. The molecule has 0 saturated carbocycles. The molecule has 14 rings (SSSR count). The molecule has 0 saturated heterocycles. The van der Waals surface area contributed by atoms with Crippen LogP contribution in [0.4, 0.5) is 17.1 Å². The number of hydrogen-bond acceptors (Lipinski definition) is 2. The minimum absolute atomic E-state index is 0.451. The molecule has 2 aromatic heterocycles. The molecule has 1 spiro atoms. The van der Waals surface area contributed by atoms with Crippen LogP contribution < -0.4 is 4.90 Å².